The molecule has 3 rings (SSSR count). The molecule has 4 atom stereocenters. The van der Waals surface area contributed by atoms with E-state index in [2.05, 4.69) is 69.1 Å². The highest BCUT2D eigenvalue weighted by Gasteiger charge is 2.45. The van der Waals surface area contributed by atoms with E-state index in [0.717, 1.165) is 19.5 Å². The minimum Gasteiger partial charge on any atom is -0.414 e. The van der Waals surface area contributed by atoms with E-state index in [1.807, 2.05) is 0 Å². The van der Waals surface area contributed by atoms with Crippen LogP contribution in [0.25, 0.3) is 0 Å². The Kier molecular flexibility index (Phi) is 5.46. The number of fused-ring (bicyclic) bond motifs is 1. The van der Waals surface area contributed by atoms with Crippen LogP contribution >= 0.6 is 0 Å². The lowest BCUT2D eigenvalue weighted by Gasteiger charge is -2.43. The van der Waals surface area contributed by atoms with Crippen LogP contribution in [0.5, 0.6) is 0 Å². The van der Waals surface area contributed by atoms with Crippen LogP contribution in [0.2, 0.25) is 18.1 Å². The molecule has 25 heavy (non-hydrogen) atoms. The first-order valence-corrected chi connectivity index (χ1v) is 12.8. The van der Waals surface area contributed by atoms with Crippen molar-refractivity contribution in [2.24, 2.45) is 17.6 Å². The molecule has 1 unspecified atom stereocenters. The number of nitrogens with zero attached hydrogens (tertiary/aromatic N) is 1. The number of likely N-dealkylation sites (tertiary alicyclic amines) is 1. The van der Waals surface area contributed by atoms with Gasteiger partial charge in [0.2, 0.25) is 0 Å². The maximum Gasteiger partial charge on any atom is 0.192 e. The third-order valence-electron chi connectivity index (χ3n) is 6.73. The van der Waals surface area contributed by atoms with Gasteiger partial charge in [0.15, 0.2) is 8.32 Å². The van der Waals surface area contributed by atoms with Gasteiger partial charge in [0.1, 0.15) is 0 Å². The first-order valence-electron chi connectivity index (χ1n) is 9.85. The zero-order chi connectivity index (χ0) is 18.2. The van der Waals surface area contributed by atoms with E-state index in [-0.39, 0.29) is 11.1 Å². The van der Waals surface area contributed by atoms with Gasteiger partial charge < -0.3 is 10.2 Å². The van der Waals surface area contributed by atoms with Gasteiger partial charge >= 0.3 is 0 Å². The first kappa shape index (κ1) is 19.1. The molecule has 1 aliphatic heterocycles. The van der Waals surface area contributed by atoms with Gasteiger partial charge in [-0.05, 0) is 48.4 Å². The Bertz CT molecular complexity index is 569. The quantitative estimate of drug-likeness (QED) is 0.816. The number of nitrogens with two attached hydrogens (primary N) is 1. The molecule has 4 heteroatoms. The fourth-order valence-corrected chi connectivity index (χ4v) is 5.68. The molecule has 1 aliphatic carbocycles. The summed E-state index contributed by atoms with van der Waals surface area (Å²) in [5.41, 5.74) is 8.01. The lowest BCUT2D eigenvalue weighted by molar-refractivity contribution is 0.0813. The maximum atomic E-state index is 6.72. The van der Waals surface area contributed by atoms with Gasteiger partial charge in [-0.2, -0.15) is 0 Å². The van der Waals surface area contributed by atoms with Crippen LogP contribution in [0.4, 0.5) is 0 Å². The minimum absolute atomic E-state index is 0.267. The second-order valence-electron chi connectivity index (χ2n) is 9.74. The largest absolute Gasteiger partial charge is 0.414 e. The van der Waals surface area contributed by atoms with Crippen molar-refractivity contribution >= 4 is 8.32 Å². The van der Waals surface area contributed by atoms with E-state index in [9.17, 15) is 0 Å². The molecular weight excluding hydrogens is 324 g/mol. The van der Waals surface area contributed by atoms with Gasteiger partial charge in [0, 0.05) is 31.8 Å². The summed E-state index contributed by atoms with van der Waals surface area (Å²) in [6.45, 7) is 15.1. The van der Waals surface area contributed by atoms with E-state index in [1.165, 1.54) is 18.5 Å². The Hall–Kier alpha value is -0.683. The lowest BCUT2D eigenvalue weighted by atomic mass is 9.77. The highest BCUT2D eigenvalue weighted by Crippen LogP contribution is 2.42. The SMILES string of the molecule is CC(C)(C)[Si](C)(C)OC1C[C@@H]2CN(Cc3ccccc3)C[C@@H]2[C@H](N)C1. The number of hydrogen-bond acceptors (Lipinski definition) is 3. The normalized spacial score (nSPS) is 31.1. The van der Waals surface area contributed by atoms with Crippen molar-refractivity contribution in [1.29, 1.82) is 0 Å². The monoisotopic (exact) mass is 360 g/mol. The standard InChI is InChI=1S/C21H36N2OSi/c1-21(2,3)25(4,5)24-18-11-17-14-23(15-19(17)20(22)12-18)13-16-9-7-6-8-10-16/h6-10,17-20H,11-15,22H2,1-5H3/t17-,18?,19+,20-/m1/s1. The Morgan fingerprint density at radius 3 is 2.44 bits per heavy atom. The summed E-state index contributed by atoms with van der Waals surface area (Å²) in [6.07, 6.45) is 2.58. The van der Waals surface area contributed by atoms with Crippen LogP contribution in [-0.4, -0.2) is 38.5 Å². The molecule has 1 aromatic rings. The summed E-state index contributed by atoms with van der Waals surface area (Å²) in [4.78, 5) is 2.60. The van der Waals surface area contributed by atoms with Gasteiger partial charge in [0.05, 0.1) is 0 Å². The van der Waals surface area contributed by atoms with Crippen molar-refractivity contribution in [3.8, 4) is 0 Å². The molecule has 1 aromatic carbocycles. The van der Waals surface area contributed by atoms with Crippen molar-refractivity contribution < 1.29 is 4.43 Å². The molecule has 1 heterocycles. The average molecular weight is 361 g/mol. The Morgan fingerprint density at radius 1 is 1.12 bits per heavy atom. The molecule has 3 nitrogen and oxygen atoms in total. The van der Waals surface area contributed by atoms with E-state index in [1.54, 1.807) is 0 Å². The molecule has 2 fully saturated rings. The predicted molar refractivity (Wildman–Crippen MR) is 108 cm³/mol. The summed E-state index contributed by atoms with van der Waals surface area (Å²) < 4.78 is 6.72. The van der Waals surface area contributed by atoms with E-state index in [4.69, 9.17) is 10.2 Å². The van der Waals surface area contributed by atoms with E-state index < -0.39 is 8.32 Å². The zero-order valence-corrected chi connectivity index (χ0v) is 17.7. The third kappa shape index (κ3) is 4.36. The van der Waals surface area contributed by atoms with Crippen molar-refractivity contribution in [3.05, 3.63) is 35.9 Å². The summed E-state index contributed by atoms with van der Waals surface area (Å²) in [5, 5.41) is 0.267. The van der Waals surface area contributed by atoms with Gasteiger partial charge in [-0.15, -0.1) is 0 Å². The molecule has 1 saturated heterocycles. The second kappa shape index (κ2) is 7.14. The summed E-state index contributed by atoms with van der Waals surface area (Å²) in [6, 6.07) is 11.1. The molecule has 140 valence electrons. The fraction of sp³-hybridized carbons (Fsp3) is 0.714. The fourth-order valence-electron chi connectivity index (χ4n) is 4.30. The molecular formula is C21H36N2OSi. The number of rotatable bonds is 4. The van der Waals surface area contributed by atoms with Crippen LogP contribution in [0.15, 0.2) is 30.3 Å². The summed E-state index contributed by atoms with van der Waals surface area (Å²) >= 11 is 0. The van der Waals surface area contributed by atoms with Crippen molar-refractivity contribution in [2.75, 3.05) is 13.1 Å². The van der Waals surface area contributed by atoms with Crippen LogP contribution < -0.4 is 5.73 Å². The Labute approximate surface area is 155 Å². The minimum atomic E-state index is -1.71. The number of benzene rings is 1. The van der Waals surface area contributed by atoms with E-state index in [0.29, 0.717) is 17.9 Å². The molecule has 0 radical (unpaired) electrons. The van der Waals surface area contributed by atoms with Gasteiger partial charge in [0.25, 0.3) is 0 Å². The van der Waals surface area contributed by atoms with Gasteiger partial charge in [-0.25, -0.2) is 0 Å². The van der Waals surface area contributed by atoms with Gasteiger partial charge in [-0.3, -0.25) is 4.90 Å². The lowest BCUT2D eigenvalue weighted by Crippen LogP contribution is -2.50. The second-order valence-corrected chi connectivity index (χ2v) is 14.5. The van der Waals surface area contributed by atoms with Crippen LogP contribution in [-0.2, 0) is 11.0 Å². The smallest absolute Gasteiger partial charge is 0.192 e. The average Bonchev–Trinajstić information content (AvgIpc) is 2.89. The molecule has 0 amide bonds. The Morgan fingerprint density at radius 2 is 1.80 bits per heavy atom. The van der Waals surface area contributed by atoms with Gasteiger partial charge in [-0.1, -0.05) is 51.1 Å². The van der Waals surface area contributed by atoms with Crippen LogP contribution in [0, 0.1) is 11.8 Å². The molecule has 0 bridgehead atoms. The summed E-state index contributed by atoms with van der Waals surface area (Å²) in [5.74, 6) is 1.34. The van der Waals surface area contributed by atoms with Crippen LogP contribution in [0.1, 0.15) is 39.2 Å². The summed E-state index contributed by atoms with van der Waals surface area (Å²) in [7, 11) is -1.71. The molecule has 0 aromatic heterocycles. The molecule has 0 spiro atoms. The molecule has 2 N–H and O–H groups in total. The highest BCUT2D eigenvalue weighted by atomic mass is 28.4. The first-order chi connectivity index (χ1) is 11.7. The van der Waals surface area contributed by atoms with E-state index >= 15 is 0 Å². The zero-order valence-electron chi connectivity index (χ0n) is 16.7. The van der Waals surface area contributed by atoms with Crippen molar-refractivity contribution in [1.82, 2.24) is 4.90 Å². The molecule has 2 aliphatic rings. The third-order valence-corrected chi connectivity index (χ3v) is 11.3. The topological polar surface area (TPSA) is 38.5 Å². The highest BCUT2D eigenvalue weighted by molar-refractivity contribution is 6.74. The van der Waals surface area contributed by atoms with Crippen LogP contribution in [0.3, 0.4) is 0 Å². The predicted octanol–water partition coefficient (Wildman–Crippen LogP) is 4.25. The van der Waals surface area contributed by atoms with Crippen molar-refractivity contribution in [2.45, 2.75) is 70.4 Å². The molecule has 1 saturated carbocycles. The Balaban J connectivity index is 1.61. The van der Waals surface area contributed by atoms with Crippen molar-refractivity contribution in [3.63, 3.8) is 0 Å². The maximum absolute atomic E-state index is 6.72. The number of hydrogen-bond donors (Lipinski definition) is 1.